The second-order valence-corrected chi connectivity index (χ2v) is 7.18. The lowest BCUT2D eigenvalue weighted by atomic mass is 9.95. The third-order valence-corrected chi connectivity index (χ3v) is 5.05. The topological polar surface area (TPSA) is 112 Å². The molecule has 0 saturated heterocycles. The van der Waals surface area contributed by atoms with E-state index in [1.165, 1.54) is 14.2 Å². The minimum Gasteiger partial charge on any atom is -0.493 e. The number of rotatable bonds is 8. The van der Waals surface area contributed by atoms with Gasteiger partial charge in [0.2, 0.25) is 0 Å². The van der Waals surface area contributed by atoms with Crippen LogP contribution in [0.2, 0.25) is 0 Å². The molecule has 0 fully saturated rings. The van der Waals surface area contributed by atoms with Gasteiger partial charge in [0.05, 0.1) is 38.0 Å². The monoisotopic (exact) mass is 454 g/mol. The highest BCUT2D eigenvalue weighted by Crippen LogP contribution is 2.35. The summed E-state index contributed by atoms with van der Waals surface area (Å²) in [5.41, 5.74) is 2.68. The Bertz CT molecular complexity index is 1080. The molecule has 0 spiro atoms. The summed E-state index contributed by atoms with van der Waals surface area (Å²) in [6.45, 7) is 3.83. The van der Waals surface area contributed by atoms with Crippen molar-refractivity contribution < 1.29 is 33.3 Å². The van der Waals surface area contributed by atoms with Crippen molar-refractivity contribution in [3.05, 3.63) is 70.4 Å². The highest BCUT2D eigenvalue weighted by molar-refractivity contribution is 5.95. The van der Waals surface area contributed by atoms with Crippen molar-refractivity contribution >= 4 is 18.0 Å². The van der Waals surface area contributed by atoms with Crippen LogP contribution >= 0.6 is 0 Å². The summed E-state index contributed by atoms with van der Waals surface area (Å²) in [6, 6.07) is 10.9. The molecule has 0 unspecified atom stereocenters. The Labute approximate surface area is 191 Å². The van der Waals surface area contributed by atoms with E-state index in [9.17, 15) is 14.4 Å². The Morgan fingerprint density at radius 2 is 1.73 bits per heavy atom. The zero-order chi connectivity index (χ0) is 24.0. The fourth-order valence-electron chi connectivity index (χ4n) is 3.42. The van der Waals surface area contributed by atoms with E-state index in [-0.39, 0.29) is 13.2 Å². The molecule has 0 saturated carbocycles. The van der Waals surface area contributed by atoms with Gasteiger partial charge in [-0.3, -0.25) is 0 Å². The van der Waals surface area contributed by atoms with Gasteiger partial charge in [-0.1, -0.05) is 18.2 Å². The first-order valence-electron chi connectivity index (χ1n) is 10.3. The molecule has 174 valence electrons. The lowest BCUT2D eigenvalue weighted by molar-refractivity contribution is -0.139. The van der Waals surface area contributed by atoms with Crippen LogP contribution in [0.25, 0.3) is 0 Å². The van der Waals surface area contributed by atoms with Crippen LogP contribution in [-0.4, -0.2) is 38.8 Å². The summed E-state index contributed by atoms with van der Waals surface area (Å²) in [5, 5.41) is 5.36. The lowest BCUT2D eigenvalue weighted by Crippen LogP contribution is -2.45. The number of hydrogen-bond acceptors (Lipinski definition) is 7. The zero-order valence-electron chi connectivity index (χ0n) is 18.9. The average molecular weight is 454 g/mol. The van der Waals surface area contributed by atoms with Gasteiger partial charge in [0.25, 0.3) is 0 Å². The number of esters is 2. The summed E-state index contributed by atoms with van der Waals surface area (Å²) >= 11 is 0. The van der Waals surface area contributed by atoms with Crippen LogP contribution in [-0.2, 0) is 20.9 Å². The van der Waals surface area contributed by atoms with E-state index in [4.69, 9.17) is 18.9 Å². The number of carbonyl (C=O) groups excluding carboxylic acids is 3. The molecule has 2 aromatic carbocycles. The maximum Gasteiger partial charge on any atom is 0.338 e. The van der Waals surface area contributed by atoms with Crippen LogP contribution in [0.4, 0.5) is 4.79 Å². The van der Waals surface area contributed by atoms with Gasteiger partial charge in [-0.25, -0.2) is 14.4 Å². The SMILES string of the molecule is CCOC(=O)C1=C(C)NC(=O)N[C@H]1c1ccc(OCc2ccc(C(=O)OC)cc2)c(OC)c1. The van der Waals surface area contributed by atoms with Gasteiger partial charge >= 0.3 is 18.0 Å². The van der Waals surface area contributed by atoms with Crippen molar-refractivity contribution in [2.45, 2.75) is 26.5 Å². The quantitative estimate of drug-likeness (QED) is 0.589. The first-order valence-corrected chi connectivity index (χ1v) is 10.3. The number of ether oxygens (including phenoxy) is 4. The molecular formula is C24H26N2O7. The van der Waals surface area contributed by atoms with Crippen LogP contribution in [0.1, 0.15) is 41.4 Å². The third-order valence-electron chi connectivity index (χ3n) is 5.05. The second-order valence-electron chi connectivity index (χ2n) is 7.18. The fraction of sp³-hybridized carbons (Fsp3) is 0.292. The molecule has 9 heteroatoms. The molecule has 0 aromatic heterocycles. The summed E-state index contributed by atoms with van der Waals surface area (Å²) in [4.78, 5) is 36.1. The predicted octanol–water partition coefficient (Wildman–Crippen LogP) is 3.25. The summed E-state index contributed by atoms with van der Waals surface area (Å²) in [6.07, 6.45) is 0. The largest absolute Gasteiger partial charge is 0.493 e. The molecule has 0 aliphatic carbocycles. The summed E-state index contributed by atoms with van der Waals surface area (Å²) in [7, 11) is 2.84. The predicted molar refractivity (Wildman–Crippen MR) is 119 cm³/mol. The van der Waals surface area contributed by atoms with Gasteiger partial charge < -0.3 is 29.6 Å². The molecule has 1 aliphatic rings. The number of urea groups is 1. The number of amides is 2. The first kappa shape index (κ1) is 23.6. The standard InChI is InChI=1S/C24H26N2O7/c1-5-32-23(28)20-14(2)25-24(29)26-21(20)17-10-11-18(19(12-17)30-3)33-13-15-6-8-16(9-7-15)22(27)31-4/h6-12,21H,5,13H2,1-4H3,(H2,25,26,29)/t21-/m0/s1. The Morgan fingerprint density at radius 1 is 1.00 bits per heavy atom. The van der Waals surface area contributed by atoms with Crippen LogP contribution < -0.4 is 20.1 Å². The fourth-order valence-corrected chi connectivity index (χ4v) is 3.42. The van der Waals surface area contributed by atoms with Gasteiger partial charge in [0, 0.05) is 5.70 Å². The molecule has 1 heterocycles. The van der Waals surface area contributed by atoms with E-state index in [2.05, 4.69) is 10.6 Å². The number of nitrogens with one attached hydrogen (secondary N) is 2. The molecule has 1 atom stereocenters. The first-order chi connectivity index (χ1) is 15.9. The molecule has 3 rings (SSSR count). The molecule has 0 radical (unpaired) electrons. The molecule has 0 bridgehead atoms. The number of benzene rings is 2. The minimum absolute atomic E-state index is 0.215. The number of carbonyl (C=O) groups is 3. The van der Waals surface area contributed by atoms with E-state index in [0.717, 1.165) is 5.56 Å². The van der Waals surface area contributed by atoms with Gasteiger partial charge in [-0.05, 0) is 49.2 Å². The number of hydrogen-bond donors (Lipinski definition) is 2. The van der Waals surface area contributed by atoms with Gasteiger partial charge in [0.1, 0.15) is 6.61 Å². The summed E-state index contributed by atoms with van der Waals surface area (Å²) < 4.78 is 21.2. The Balaban J connectivity index is 1.81. The molecule has 9 nitrogen and oxygen atoms in total. The Morgan fingerprint density at radius 3 is 2.36 bits per heavy atom. The van der Waals surface area contributed by atoms with E-state index in [1.807, 2.05) is 0 Å². The molecular weight excluding hydrogens is 428 g/mol. The zero-order valence-corrected chi connectivity index (χ0v) is 18.9. The molecule has 1 aliphatic heterocycles. The second kappa shape index (κ2) is 10.5. The Hall–Kier alpha value is -4.01. The Kier molecular flexibility index (Phi) is 7.55. The van der Waals surface area contributed by atoms with Gasteiger partial charge in [-0.2, -0.15) is 0 Å². The number of allylic oxidation sites excluding steroid dienone is 1. The molecule has 2 aromatic rings. The van der Waals surface area contributed by atoms with Crippen molar-refractivity contribution in [2.75, 3.05) is 20.8 Å². The van der Waals surface area contributed by atoms with Gasteiger partial charge in [-0.15, -0.1) is 0 Å². The van der Waals surface area contributed by atoms with Crippen molar-refractivity contribution in [2.24, 2.45) is 0 Å². The van der Waals surface area contributed by atoms with E-state index in [1.54, 1.807) is 56.3 Å². The van der Waals surface area contributed by atoms with Gasteiger partial charge in [0.15, 0.2) is 11.5 Å². The van der Waals surface area contributed by atoms with E-state index in [0.29, 0.717) is 33.9 Å². The lowest BCUT2D eigenvalue weighted by Gasteiger charge is -2.28. The minimum atomic E-state index is -0.702. The van der Waals surface area contributed by atoms with Crippen LogP contribution in [0.5, 0.6) is 11.5 Å². The van der Waals surface area contributed by atoms with Crippen molar-refractivity contribution in [1.29, 1.82) is 0 Å². The summed E-state index contributed by atoms with van der Waals surface area (Å²) in [5.74, 6) is 0.00247. The van der Waals surface area contributed by atoms with Crippen LogP contribution in [0, 0.1) is 0 Å². The maximum atomic E-state index is 12.5. The highest BCUT2D eigenvalue weighted by atomic mass is 16.5. The van der Waals surface area contributed by atoms with Crippen LogP contribution in [0.15, 0.2) is 53.7 Å². The molecule has 2 N–H and O–H groups in total. The van der Waals surface area contributed by atoms with Crippen molar-refractivity contribution in [3.63, 3.8) is 0 Å². The van der Waals surface area contributed by atoms with Crippen molar-refractivity contribution in [1.82, 2.24) is 10.6 Å². The highest BCUT2D eigenvalue weighted by Gasteiger charge is 2.32. The third kappa shape index (κ3) is 5.43. The maximum absolute atomic E-state index is 12.5. The smallest absolute Gasteiger partial charge is 0.338 e. The number of methoxy groups -OCH3 is 2. The van der Waals surface area contributed by atoms with Crippen LogP contribution in [0.3, 0.4) is 0 Å². The molecule has 2 amide bonds. The molecule has 33 heavy (non-hydrogen) atoms. The normalized spacial score (nSPS) is 15.3. The van der Waals surface area contributed by atoms with Crippen molar-refractivity contribution in [3.8, 4) is 11.5 Å². The van der Waals surface area contributed by atoms with E-state index >= 15 is 0 Å². The average Bonchev–Trinajstić information content (AvgIpc) is 2.82. The van der Waals surface area contributed by atoms with E-state index < -0.39 is 24.0 Å².